The molecule has 0 aromatic carbocycles. The van der Waals surface area contributed by atoms with Crippen LogP contribution >= 0.6 is 15.9 Å². The van der Waals surface area contributed by atoms with E-state index in [1.807, 2.05) is 6.07 Å². The number of fused-ring (bicyclic) bond motifs is 1. The fourth-order valence-electron chi connectivity index (χ4n) is 4.98. The summed E-state index contributed by atoms with van der Waals surface area (Å²) >= 11 is 3.48. The summed E-state index contributed by atoms with van der Waals surface area (Å²) in [6, 6.07) is 5.03. The van der Waals surface area contributed by atoms with Gasteiger partial charge in [-0.15, -0.1) is 0 Å². The number of nitrogens with one attached hydrogen (secondary N) is 1. The molecule has 33 heavy (non-hydrogen) atoms. The number of aromatic nitrogens is 4. The smallest absolute Gasteiger partial charge is 0.277 e. The van der Waals surface area contributed by atoms with Crippen LogP contribution in [0.1, 0.15) is 55.1 Å². The maximum absolute atomic E-state index is 13.4. The van der Waals surface area contributed by atoms with Crippen LogP contribution in [0.4, 0.5) is 20.3 Å². The maximum atomic E-state index is 13.4. The Morgan fingerprint density at radius 1 is 1.12 bits per heavy atom. The molecule has 1 amide bonds. The summed E-state index contributed by atoms with van der Waals surface area (Å²) in [7, 11) is 0. The fourth-order valence-corrected chi connectivity index (χ4v) is 5.30. The van der Waals surface area contributed by atoms with Crippen molar-refractivity contribution in [3.05, 3.63) is 40.8 Å². The lowest BCUT2D eigenvalue weighted by Gasteiger charge is -2.35. The first-order valence-electron chi connectivity index (χ1n) is 11.2. The molecule has 2 aliphatic carbocycles. The van der Waals surface area contributed by atoms with Crippen molar-refractivity contribution >= 4 is 44.4 Å². The Hall–Kier alpha value is -2.62. The third-order valence-corrected chi connectivity index (χ3v) is 7.70. The van der Waals surface area contributed by atoms with Gasteiger partial charge in [-0.2, -0.15) is 5.10 Å². The molecule has 3 aliphatic rings. The van der Waals surface area contributed by atoms with E-state index >= 15 is 0 Å². The van der Waals surface area contributed by atoms with Gasteiger partial charge in [0.05, 0.1) is 17.9 Å². The number of halogens is 3. The zero-order chi connectivity index (χ0) is 22.8. The number of amides is 1. The molecule has 3 fully saturated rings. The van der Waals surface area contributed by atoms with Gasteiger partial charge in [0, 0.05) is 42.0 Å². The lowest BCUT2D eigenvalue weighted by atomic mass is 9.88. The van der Waals surface area contributed by atoms with E-state index < -0.39 is 5.92 Å². The Bertz CT molecular complexity index is 1240. The summed E-state index contributed by atoms with van der Waals surface area (Å²) in [5.41, 5.74) is 2.17. The number of anilines is 2. The van der Waals surface area contributed by atoms with E-state index in [0.29, 0.717) is 22.6 Å². The highest BCUT2D eigenvalue weighted by atomic mass is 79.9. The van der Waals surface area contributed by atoms with E-state index in [4.69, 9.17) is 0 Å². The van der Waals surface area contributed by atoms with Gasteiger partial charge in [-0.05, 0) is 65.2 Å². The number of hydrogen-bond acceptors (Lipinski definition) is 5. The number of hydrogen-bond donors (Lipinski definition) is 1. The van der Waals surface area contributed by atoms with Crippen molar-refractivity contribution in [2.45, 2.75) is 50.5 Å². The number of carbonyl (C=O) groups is 1. The second kappa shape index (κ2) is 7.44. The van der Waals surface area contributed by atoms with Crippen molar-refractivity contribution in [2.24, 2.45) is 5.41 Å². The third-order valence-electron chi connectivity index (χ3n) is 7.27. The largest absolute Gasteiger partial charge is 0.370 e. The first-order chi connectivity index (χ1) is 15.8. The predicted octanol–water partition coefficient (Wildman–Crippen LogP) is 5.19. The molecule has 3 aromatic heterocycles. The standard InChI is InChI=1S/C23H23BrF2N6O/c24-15-9-17(31-7-5-22(3-4-22)6-8-31)19(27-13-15)21(33)30-18-2-1-14-12-28-32(20(14)29-18)16-10-23(25,26)11-16/h1-2,9,12-13,16H,3-8,10-11H2,(H,29,30,33). The molecule has 7 nitrogen and oxygen atoms in total. The van der Waals surface area contributed by atoms with E-state index in [2.05, 4.69) is 41.2 Å². The van der Waals surface area contributed by atoms with E-state index in [1.54, 1.807) is 24.5 Å². The fraction of sp³-hybridized carbons (Fsp3) is 0.478. The van der Waals surface area contributed by atoms with Crippen LogP contribution in [0.2, 0.25) is 0 Å². The van der Waals surface area contributed by atoms with Crippen LogP contribution in [0.5, 0.6) is 0 Å². The van der Waals surface area contributed by atoms with E-state index in [0.717, 1.165) is 41.5 Å². The Morgan fingerprint density at radius 3 is 2.58 bits per heavy atom. The van der Waals surface area contributed by atoms with Gasteiger partial charge in [0.2, 0.25) is 0 Å². The quantitative estimate of drug-likeness (QED) is 0.516. The number of carbonyl (C=O) groups excluding carboxylic acids is 1. The molecule has 6 rings (SSSR count). The monoisotopic (exact) mass is 516 g/mol. The summed E-state index contributed by atoms with van der Waals surface area (Å²) in [4.78, 5) is 24.4. The van der Waals surface area contributed by atoms with Gasteiger partial charge in [0.1, 0.15) is 5.82 Å². The molecule has 1 saturated heterocycles. The van der Waals surface area contributed by atoms with Crippen LogP contribution in [0.25, 0.3) is 11.0 Å². The summed E-state index contributed by atoms with van der Waals surface area (Å²) in [6.45, 7) is 1.82. The van der Waals surface area contributed by atoms with Crippen LogP contribution in [-0.2, 0) is 0 Å². The first-order valence-corrected chi connectivity index (χ1v) is 12.0. The van der Waals surface area contributed by atoms with Crippen LogP contribution in [-0.4, -0.2) is 44.7 Å². The molecule has 0 atom stereocenters. The molecule has 1 N–H and O–H groups in total. The molecule has 0 bridgehead atoms. The summed E-state index contributed by atoms with van der Waals surface area (Å²) < 4.78 is 29.1. The van der Waals surface area contributed by atoms with Crippen LogP contribution in [0.15, 0.2) is 35.1 Å². The van der Waals surface area contributed by atoms with E-state index in [9.17, 15) is 13.6 Å². The number of alkyl halides is 2. The van der Waals surface area contributed by atoms with Crippen molar-refractivity contribution in [1.82, 2.24) is 19.7 Å². The zero-order valence-corrected chi connectivity index (χ0v) is 19.5. The third kappa shape index (κ3) is 3.88. The highest BCUT2D eigenvalue weighted by molar-refractivity contribution is 9.10. The molecule has 10 heteroatoms. The molecule has 0 radical (unpaired) electrons. The number of nitrogens with zero attached hydrogens (tertiary/aromatic N) is 5. The lowest BCUT2D eigenvalue weighted by molar-refractivity contribution is -0.106. The van der Waals surface area contributed by atoms with Crippen molar-refractivity contribution in [3.8, 4) is 0 Å². The molecule has 172 valence electrons. The van der Waals surface area contributed by atoms with Gasteiger partial charge < -0.3 is 10.2 Å². The van der Waals surface area contributed by atoms with Gasteiger partial charge in [-0.1, -0.05) is 0 Å². The van der Waals surface area contributed by atoms with Gasteiger partial charge in [0.25, 0.3) is 11.8 Å². The van der Waals surface area contributed by atoms with Crippen molar-refractivity contribution in [1.29, 1.82) is 0 Å². The van der Waals surface area contributed by atoms with Crippen molar-refractivity contribution < 1.29 is 13.6 Å². The molecule has 1 aliphatic heterocycles. The minimum Gasteiger partial charge on any atom is -0.370 e. The summed E-state index contributed by atoms with van der Waals surface area (Å²) in [5, 5.41) is 7.83. The molecule has 3 aromatic rings. The van der Waals surface area contributed by atoms with Gasteiger partial charge >= 0.3 is 0 Å². The summed E-state index contributed by atoms with van der Waals surface area (Å²) in [6.07, 6.45) is 7.65. The van der Waals surface area contributed by atoms with Gasteiger partial charge in [-0.25, -0.2) is 23.4 Å². The van der Waals surface area contributed by atoms with Crippen LogP contribution < -0.4 is 10.2 Å². The average Bonchev–Trinajstić information content (AvgIpc) is 3.39. The van der Waals surface area contributed by atoms with Crippen molar-refractivity contribution in [3.63, 3.8) is 0 Å². The zero-order valence-electron chi connectivity index (χ0n) is 17.9. The molecule has 0 unspecified atom stereocenters. The average molecular weight is 517 g/mol. The Labute approximate surface area is 197 Å². The minimum absolute atomic E-state index is 0.245. The molecular formula is C23H23BrF2N6O. The SMILES string of the molecule is O=C(Nc1ccc2cnn(C3CC(F)(F)C3)c2n1)c1ncc(Br)cc1N1CCC2(CC1)CC2. The molecule has 2 saturated carbocycles. The number of rotatable bonds is 4. The Kier molecular flexibility index (Phi) is 4.73. The maximum Gasteiger partial charge on any atom is 0.277 e. The number of pyridine rings is 2. The second-order valence-electron chi connectivity index (χ2n) is 9.58. The van der Waals surface area contributed by atoms with Gasteiger partial charge in [-0.3, -0.25) is 4.79 Å². The van der Waals surface area contributed by atoms with E-state index in [1.165, 1.54) is 17.5 Å². The van der Waals surface area contributed by atoms with Crippen LogP contribution in [0.3, 0.4) is 0 Å². The summed E-state index contributed by atoms with van der Waals surface area (Å²) in [5.74, 6) is -2.66. The highest BCUT2D eigenvalue weighted by Gasteiger charge is 2.47. The Balaban J connectivity index is 1.24. The highest BCUT2D eigenvalue weighted by Crippen LogP contribution is 2.54. The Morgan fingerprint density at radius 2 is 1.88 bits per heavy atom. The molecule has 4 heterocycles. The lowest BCUT2D eigenvalue weighted by Crippen LogP contribution is -2.37. The minimum atomic E-state index is -2.65. The number of piperidine rings is 1. The van der Waals surface area contributed by atoms with Crippen LogP contribution in [0, 0.1) is 5.41 Å². The van der Waals surface area contributed by atoms with Crippen molar-refractivity contribution in [2.75, 3.05) is 23.3 Å². The van der Waals surface area contributed by atoms with E-state index in [-0.39, 0.29) is 24.8 Å². The predicted molar refractivity (Wildman–Crippen MR) is 124 cm³/mol. The second-order valence-corrected chi connectivity index (χ2v) is 10.5. The molecular weight excluding hydrogens is 494 g/mol. The molecule has 1 spiro atoms. The first kappa shape index (κ1) is 20.9. The van der Waals surface area contributed by atoms with Gasteiger partial charge in [0.15, 0.2) is 11.3 Å². The normalized spacial score (nSPS) is 21.2. The topological polar surface area (TPSA) is 75.9 Å².